The van der Waals surface area contributed by atoms with Gasteiger partial charge in [-0.25, -0.2) is 0 Å². The number of hydrogen-bond donors (Lipinski definition) is 0. The van der Waals surface area contributed by atoms with E-state index in [1.165, 1.54) is 333 Å². The fourth-order valence-electron chi connectivity index (χ4n) is 13.5. The second-order valence-corrected chi connectivity index (χ2v) is 38.0. The number of aryl methyl sites for hydroxylation is 8. The Bertz CT molecular complexity index is 3370. The van der Waals surface area contributed by atoms with Gasteiger partial charge in [0, 0.05) is 77.3 Å². The minimum atomic E-state index is 1.23. The first kappa shape index (κ1) is 72.3. The standard InChI is InChI=1S/C42H60S5.C38H52S5/c1-5-7-9-11-13-15-17-19-21-23-25-33-27-31(3)43-39(33)35-29-37-41(46-35)42-38(45-37)30-36(47-42)40-34(28-32(4)44-40)26-24-22-20-18-16-14-12-10-8-6-2;1-5-7-9-11-13-15-17-19-21-29-23-27(3)39-35(29)31-25-33-37(42-31)38-34(41-33)26-32(43-38)36-30(24-28(4)40-36)22-20-18-16-14-12-10-8-6-2/h27-30H,5-26H2,1-4H3;23-26H,5-22H2,1-4H3. The summed E-state index contributed by atoms with van der Waals surface area (Å²) in [7, 11) is 0. The molecule has 10 rings (SSSR count). The van der Waals surface area contributed by atoms with Crippen LogP contribution >= 0.6 is 113 Å². The van der Waals surface area contributed by atoms with E-state index in [0.717, 1.165) is 0 Å². The predicted octanol–water partition coefficient (Wildman–Crippen LogP) is 32.8. The molecule has 10 aromatic heterocycles. The molecule has 10 aromatic rings. The molecule has 492 valence electrons. The summed E-state index contributed by atoms with van der Waals surface area (Å²) < 4.78 is 12.0. The third kappa shape index (κ3) is 21.5. The second-order valence-electron chi connectivity index (χ2n) is 26.6. The summed E-state index contributed by atoms with van der Waals surface area (Å²) in [5.74, 6) is 0. The Labute approximate surface area is 586 Å². The predicted molar refractivity (Wildman–Crippen MR) is 426 cm³/mol. The van der Waals surface area contributed by atoms with Crippen molar-refractivity contribution in [2.45, 2.75) is 312 Å². The van der Waals surface area contributed by atoms with Crippen LogP contribution in [-0.2, 0) is 25.7 Å². The summed E-state index contributed by atoms with van der Waals surface area (Å²) in [4.78, 5) is 18.0. The summed E-state index contributed by atoms with van der Waals surface area (Å²) in [5, 5.41) is 0. The summed E-state index contributed by atoms with van der Waals surface area (Å²) in [6.45, 7) is 18.4. The van der Waals surface area contributed by atoms with Crippen LogP contribution in [0.15, 0.2) is 48.5 Å². The Morgan fingerprint density at radius 2 is 0.378 bits per heavy atom. The molecule has 0 aromatic carbocycles. The molecule has 0 radical (unpaired) electrons. The van der Waals surface area contributed by atoms with E-state index in [2.05, 4.69) is 127 Å². The van der Waals surface area contributed by atoms with Crippen LogP contribution in [0.5, 0.6) is 0 Å². The first-order valence-electron chi connectivity index (χ1n) is 36.4. The highest BCUT2D eigenvalue weighted by Gasteiger charge is 2.22. The van der Waals surface area contributed by atoms with Gasteiger partial charge in [0.15, 0.2) is 0 Å². The van der Waals surface area contributed by atoms with E-state index < -0.39 is 0 Å². The molecule has 0 bridgehead atoms. The Morgan fingerprint density at radius 3 is 0.567 bits per heavy atom. The normalized spacial score (nSPS) is 12.0. The van der Waals surface area contributed by atoms with Crippen molar-refractivity contribution in [1.29, 1.82) is 0 Å². The molecule has 90 heavy (non-hydrogen) atoms. The maximum absolute atomic E-state index is 2.51. The van der Waals surface area contributed by atoms with E-state index in [0.29, 0.717) is 0 Å². The highest BCUT2D eigenvalue weighted by molar-refractivity contribution is 7.42. The lowest BCUT2D eigenvalue weighted by Crippen LogP contribution is -1.86. The maximum atomic E-state index is 2.51. The van der Waals surface area contributed by atoms with Crippen LogP contribution < -0.4 is 0 Å². The minimum Gasteiger partial charge on any atom is -0.139 e. The monoisotopic (exact) mass is 1390 g/mol. The van der Waals surface area contributed by atoms with Gasteiger partial charge < -0.3 is 0 Å². The van der Waals surface area contributed by atoms with Gasteiger partial charge in [-0.1, -0.05) is 233 Å². The Kier molecular flexibility index (Phi) is 31.6. The lowest BCUT2D eigenvalue weighted by Gasteiger charge is -2.04. The average molecular weight is 1390 g/mol. The van der Waals surface area contributed by atoms with Crippen molar-refractivity contribution in [3.63, 3.8) is 0 Å². The largest absolute Gasteiger partial charge is 0.139 e. The number of thiophene rings is 10. The van der Waals surface area contributed by atoms with Crippen LogP contribution in [-0.4, -0.2) is 0 Å². The molecule has 0 N–H and O–H groups in total. The zero-order chi connectivity index (χ0) is 62.9. The first-order valence-corrected chi connectivity index (χ1v) is 44.6. The van der Waals surface area contributed by atoms with E-state index in [1.54, 1.807) is 41.8 Å². The molecule has 0 unspecified atom stereocenters. The van der Waals surface area contributed by atoms with Gasteiger partial charge in [-0.3, -0.25) is 0 Å². The molecule has 0 aliphatic rings. The fraction of sp³-hybridized carbons (Fsp3) is 0.600. The van der Waals surface area contributed by atoms with Crippen molar-refractivity contribution < 1.29 is 0 Å². The molecule has 10 heterocycles. The average Bonchev–Trinajstić information content (AvgIpc) is 1.62. The van der Waals surface area contributed by atoms with Crippen molar-refractivity contribution in [1.82, 2.24) is 0 Å². The third-order valence-corrected chi connectivity index (χ3v) is 31.1. The van der Waals surface area contributed by atoms with Crippen LogP contribution in [0.2, 0.25) is 0 Å². The van der Waals surface area contributed by atoms with E-state index in [1.807, 2.05) is 90.7 Å². The molecule has 10 heteroatoms. The van der Waals surface area contributed by atoms with Gasteiger partial charge >= 0.3 is 0 Å². The Morgan fingerprint density at radius 1 is 0.200 bits per heavy atom. The van der Waals surface area contributed by atoms with Crippen molar-refractivity contribution in [3.8, 4) is 39.0 Å². The van der Waals surface area contributed by atoms with Gasteiger partial charge in [-0.15, -0.1) is 113 Å². The number of unbranched alkanes of at least 4 members (excludes halogenated alkanes) is 32. The van der Waals surface area contributed by atoms with Crippen molar-refractivity contribution in [3.05, 3.63) is 90.3 Å². The summed E-state index contributed by atoms with van der Waals surface area (Å²) >= 11 is 20.3. The highest BCUT2D eigenvalue weighted by Crippen LogP contribution is 2.53. The zero-order valence-electron chi connectivity index (χ0n) is 57.0. The topological polar surface area (TPSA) is 0 Å². The fourth-order valence-corrected chi connectivity index (χ4v) is 26.3. The lowest BCUT2D eigenvalue weighted by molar-refractivity contribution is 0.556. The van der Waals surface area contributed by atoms with Gasteiger partial charge in [-0.05, 0) is 150 Å². The van der Waals surface area contributed by atoms with E-state index in [9.17, 15) is 0 Å². The van der Waals surface area contributed by atoms with Gasteiger partial charge in [-0.2, -0.15) is 0 Å². The molecule has 0 atom stereocenters. The summed E-state index contributed by atoms with van der Waals surface area (Å²) in [6, 6.07) is 19.9. The van der Waals surface area contributed by atoms with Crippen LogP contribution in [0.1, 0.15) is 301 Å². The zero-order valence-corrected chi connectivity index (χ0v) is 65.2. The highest BCUT2D eigenvalue weighted by atomic mass is 32.1. The number of rotatable bonds is 44. The Balaban J connectivity index is 0.000000214. The maximum Gasteiger partial charge on any atom is 0.0636 e. The third-order valence-electron chi connectivity index (χ3n) is 18.5. The molecule has 0 aliphatic carbocycles. The minimum absolute atomic E-state index is 1.23. The lowest BCUT2D eigenvalue weighted by atomic mass is 10.0. The van der Waals surface area contributed by atoms with E-state index in [-0.39, 0.29) is 0 Å². The van der Waals surface area contributed by atoms with Crippen molar-refractivity contribution >= 4 is 151 Å². The van der Waals surface area contributed by atoms with E-state index in [4.69, 9.17) is 0 Å². The smallest absolute Gasteiger partial charge is 0.0636 e. The van der Waals surface area contributed by atoms with Crippen LogP contribution in [0.3, 0.4) is 0 Å². The quantitative estimate of drug-likeness (QED) is 0.0334. The van der Waals surface area contributed by atoms with Crippen LogP contribution in [0, 0.1) is 27.7 Å². The number of fused-ring (bicyclic) bond motifs is 6. The molecule has 0 saturated heterocycles. The molecule has 0 amide bonds. The molecule has 0 saturated carbocycles. The van der Waals surface area contributed by atoms with Gasteiger partial charge in [0.25, 0.3) is 0 Å². The molecule has 0 nitrogen and oxygen atoms in total. The van der Waals surface area contributed by atoms with Gasteiger partial charge in [0.05, 0.1) is 18.8 Å². The second kappa shape index (κ2) is 39.3. The first-order chi connectivity index (χ1) is 44.1. The summed E-state index contributed by atoms with van der Waals surface area (Å²) in [5.41, 5.74) is 6.36. The van der Waals surface area contributed by atoms with Crippen molar-refractivity contribution in [2.24, 2.45) is 0 Å². The SMILES string of the molecule is CCCCCCCCCCCCc1cc(C)sc1-c1cc2sc3cc(-c4sc(C)cc4CCCCCCCCCCCC)sc3c2s1.CCCCCCCCCCc1cc(C)sc1-c1cc2sc3cc(-c4sc(C)cc4CCCCCCCCCC)sc3c2s1. The number of hydrogen-bond acceptors (Lipinski definition) is 10. The van der Waals surface area contributed by atoms with Crippen LogP contribution in [0.4, 0.5) is 0 Å². The van der Waals surface area contributed by atoms with Crippen molar-refractivity contribution in [2.75, 3.05) is 0 Å². The molecule has 0 aliphatic heterocycles. The molecular weight excluding hydrogens is 1280 g/mol. The summed E-state index contributed by atoms with van der Waals surface area (Å²) in [6.07, 6.45) is 55.3. The van der Waals surface area contributed by atoms with Crippen LogP contribution in [0.25, 0.3) is 76.6 Å². The molecule has 0 spiro atoms. The van der Waals surface area contributed by atoms with E-state index >= 15 is 0 Å². The Hall–Kier alpha value is -1.96. The van der Waals surface area contributed by atoms with Gasteiger partial charge in [0.1, 0.15) is 0 Å². The molecular formula is C80H112S10. The molecule has 0 fully saturated rings. The van der Waals surface area contributed by atoms with Gasteiger partial charge in [0.2, 0.25) is 0 Å².